The third-order valence-electron chi connectivity index (χ3n) is 4.02. The molecule has 0 saturated carbocycles. The number of nitrogens with one attached hydrogen (secondary N) is 1. The summed E-state index contributed by atoms with van der Waals surface area (Å²) in [5.74, 6) is -1.42. The minimum Gasteiger partial charge on any atom is -0.500 e. The fraction of sp³-hybridized carbons (Fsp3) is 0.158. The Morgan fingerprint density at radius 1 is 1.37 bits per heavy atom. The first-order valence-electron chi connectivity index (χ1n) is 7.83. The van der Waals surface area contributed by atoms with Crippen LogP contribution in [-0.2, 0) is 4.79 Å². The van der Waals surface area contributed by atoms with Gasteiger partial charge in [-0.1, -0.05) is 12.1 Å². The smallest absolute Gasteiger partial charge is 0.315 e. The molecule has 0 aromatic heterocycles. The summed E-state index contributed by atoms with van der Waals surface area (Å²) >= 11 is 0. The molecule has 0 bridgehead atoms. The molecule has 1 amide bonds. The van der Waals surface area contributed by atoms with Gasteiger partial charge in [0.15, 0.2) is 5.75 Å². The molecule has 0 aliphatic carbocycles. The van der Waals surface area contributed by atoms with Gasteiger partial charge in [0.2, 0.25) is 5.75 Å². The Bertz CT molecular complexity index is 990. The number of phenols is 1. The van der Waals surface area contributed by atoms with Crippen LogP contribution in [0, 0.1) is 35.3 Å². The summed E-state index contributed by atoms with van der Waals surface area (Å²) in [7, 11) is 1.24. The van der Waals surface area contributed by atoms with Crippen molar-refractivity contribution in [2.24, 2.45) is 0 Å². The lowest BCUT2D eigenvalue weighted by molar-refractivity contribution is -0.386. The summed E-state index contributed by atoms with van der Waals surface area (Å²) in [5, 5.41) is 32.9. The van der Waals surface area contributed by atoms with Gasteiger partial charge in [-0.25, -0.2) is 0 Å². The number of nitro groups is 1. The first kappa shape index (κ1) is 19.5. The number of methoxy groups -OCH3 is 1. The number of rotatable bonds is 5. The summed E-state index contributed by atoms with van der Waals surface area (Å²) in [5.41, 5.74) is 1.74. The second-order valence-corrected chi connectivity index (χ2v) is 5.72. The van der Waals surface area contributed by atoms with Gasteiger partial charge in [-0.2, -0.15) is 5.26 Å². The normalized spacial score (nSPS) is 10.8. The molecule has 0 aliphatic rings. The predicted molar refractivity (Wildman–Crippen MR) is 99.4 cm³/mol. The molecule has 0 atom stereocenters. The van der Waals surface area contributed by atoms with Crippen LogP contribution in [0.5, 0.6) is 11.5 Å². The quantitative estimate of drug-likeness (QED) is 0.361. The molecule has 2 N–H and O–H groups in total. The van der Waals surface area contributed by atoms with Gasteiger partial charge >= 0.3 is 5.69 Å². The largest absolute Gasteiger partial charge is 0.500 e. The van der Waals surface area contributed by atoms with E-state index in [1.54, 1.807) is 18.2 Å². The Labute approximate surface area is 155 Å². The Balaban J connectivity index is 2.42. The van der Waals surface area contributed by atoms with Crippen LogP contribution in [-0.4, -0.2) is 23.0 Å². The minimum atomic E-state index is -0.780. The number of aryl methyl sites for hydroxylation is 1. The molecular weight excluding hydrogens is 350 g/mol. The van der Waals surface area contributed by atoms with Crippen LogP contribution in [0.1, 0.15) is 16.7 Å². The van der Waals surface area contributed by atoms with Crippen LogP contribution >= 0.6 is 0 Å². The van der Waals surface area contributed by atoms with Crippen LogP contribution < -0.4 is 10.1 Å². The van der Waals surface area contributed by atoms with E-state index in [1.807, 2.05) is 19.9 Å². The van der Waals surface area contributed by atoms with Gasteiger partial charge in [-0.05, 0) is 48.7 Å². The van der Waals surface area contributed by atoms with E-state index in [0.717, 1.165) is 17.2 Å². The number of amides is 1. The number of carbonyl (C=O) groups is 1. The van der Waals surface area contributed by atoms with Crippen LogP contribution in [0.15, 0.2) is 35.9 Å². The molecule has 0 heterocycles. The van der Waals surface area contributed by atoms with E-state index in [2.05, 4.69) is 5.32 Å². The van der Waals surface area contributed by atoms with Crippen molar-refractivity contribution in [2.75, 3.05) is 12.4 Å². The van der Waals surface area contributed by atoms with Gasteiger partial charge in [0, 0.05) is 11.8 Å². The first-order valence-corrected chi connectivity index (χ1v) is 7.83. The minimum absolute atomic E-state index is 0.136. The molecule has 2 aromatic rings. The molecule has 0 radical (unpaired) electrons. The summed E-state index contributed by atoms with van der Waals surface area (Å²) < 4.78 is 4.91. The van der Waals surface area contributed by atoms with Gasteiger partial charge in [0.05, 0.1) is 12.0 Å². The predicted octanol–water partition coefficient (Wildman–Crippen LogP) is 3.47. The summed E-state index contributed by atoms with van der Waals surface area (Å²) in [6.45, 7) is 3.74. The number of benzene rings is 2. The third kappa shape index (κ3) is 4.22. The highest BCUT2D eigenvalue weighted by molar-refractivity contribution is 6.10. The number of nitriles is 1. The monoisotopic (exact) mass is 367 g/mol. The average Bonchev–Trinajstić information content (AvgIpc) is 2.64. The standard InChI is InChI=1S/C19H17N3O5/c1-11-5-4-6-15(12(11)2)21-19(24)14(10-20)7-13-8-16(22(25)26)18(23)17(9-13)27-3/h4-9,23H,1-3H3,(H,21,24). The molecule has 0 saturated heterocycles. The average molecular weight is 367 g/mol. The van der Waals surface area contributed by atoms with Crippen molar-refractivity contribution < 1.29 is 19.6 Å². The summed E-state index contributed by atoms with van der Waals surface area (Å²) in [4.78, 5) is 22.7. The number of nitrogens with zero attached hydrogens (tertiary/aromatic N) is 2. The second kappa shape index (κ2) is 8.01. The molecule has 8 nitrogen and oxygen atoms in total. The molecule has 0 unspecified atom stereocenters. The van der Waals surface area contributed by atoms with Crippen molar-refractivity contribution in [3.8, 4) is 17.6 Å². The molecule has 8 heteroatoms. The zero-order valence-corrected chi connectivity index (χ0v) is 14.9. The molecule has 0 fully saturated rings. The van der Waals surface area contributed by atoms with E-state index in [9.17, 15) is 25.3 Å². The van der Waals surface area contributed by atoms with Crippen molar-refractivity contribution in [1.82, 2.24) is 0 Å². The van der Waals surface area contributed by atoms with Gasteiger partial charge in [0.25, 0.3) is 5.91 Å². The van der Waals surface area contributed by atoms with Crippen molar-refractivity contribution in [3.05, 3.63) is 62.7 Å². The van der Waals surface area contributed by atoms with Crippen LogP contribution in [0.4, 0.5) is 11.4 Å². The number of hydrogen-bond acceptors (Lipinski definition) is 6. The third-order valence-corrected chi connectivity index (χ3v) is 4.02. The van der Waals surface area contributed by atoms with Gasteiger partial charge < -0.3 is 15.2 Å². The fourth-order valence-electron chi connectivity index (χ4n) is 2.38. The number of carbonyl (C=O) groups excluding carboxylic acids is 1. The number of hydrogen-bond donors (Lipinski definition) is 2. The zero-order chi connectivity index (χ0) is 20.1. The van der Waals surface area contributed by atoms with E-state index in [4.69, 9.17) is 4.74 Å². The highest BCUT2D eigenvalue weighted by Gasteiger charge is 2.20. The molecule has 0 spiro atoms. The van der Waals surface area contributed by atoms with E-state index in [0.29, 0.717) is 5.69 Å². The second-order valence-electron chi connectivity index (χ2n) is 5.72. The molecule has 0 aliphatic heterocycles. The van der Waals surface area contributed by atoms with Crippen LogP contribution in [0.3, 0.4) is 0 Å². The summed E-state index contributed by atoms with van der Waals surface area (Å²) in [6.07, 6.45) is 1.19. The molecule has 2 rings (SSSR count). The zero-order valence-electron chi connectivity index (χ0n) is 14.9. The topological polar surface area (TPSA) is 125 Å². The molecule has 27 heavy (non-hydrogen) atoms. The highest BCUT2D eigenvalue weighted by atomic mass is 16.6. The van der Waals surface area contributed by atoms with Crippen molar-refractivity contribution in [2.45, 2.75) is 13.8 Å². The Kier molecular flexibility index (Phi) is 5.78. The van der Waals surface area contributed by atoms with E-state index >= 15 is 0 Å². The Hall–Kier alpha value is -3.86. The van der Waals surface area contributed by atoms with Gasteiger partial charge in [-0.15, -0.1) is 0 Å². The van der Waals surface area contributed by atoms with Crippen molar-refractivity contribution in [3.63, 3.8) is 0 Å². The summed E-state index contributed by atoms with van der Waals surface area (Å²) in [6, 6.07) is 9.52. The Morgan fingerprint density at radius 3 is 2.67 bits per heavy atom. The Morgan fingerprint density at radius 2 is 2.07 bits per heavy atom. The number of ether oxygens (including phenoxy) is 1. The van der Waals surface area contributed by atoms with E-state index < -0.39 is 22.3 Å². The molecular formula is C19H17N3O5. The van der Waals surface area contributed by atoms with E-state index in [-0.39, 0.29) is 16.9 Å². The van der Waals surface area contributed by atoms with E-state index in [1.165, 1.54) is 19.3 Å². The number of nitro benzene ring substituents is 1. The lowest BCUT2D eigenvalue weighted by Gasteiger charge is -2.10. The van der Waals surface area contributed by atoms with Crippen molar-refractivity contribution in [1.29, 1.82) is 5.26 Å². The number of phenolic OH excluding ortho intramolecular Hbond substituents is 1. The van der Waals surface area contributed by atoms with Crippen molar-refractivity contribution >= 4 is 23.4 Å². The number of anilines is 1. The fourth-order valence-corrected chi connectivity index (χ4v) is 2.38. The van der Waals surface area contributed by atoms with Gasteiger partial charge in [-0.3, -0.25) is 14.9 Å². The van der Waals surface area contributed by atoms with Gasteiger partial charge in [0.1, 0.15) is 11.6 Å². The number of aromatic hydroxyl groups is 1. The maximum absolute atomic E-state index is 12.4. The first-order chi connectivity index (χ1) is 12.8. The van der Waals surface area contributed by atoms with Crippen LogP contribution in [0.25, 0.3) is 6.08 Å². The molecule has 138 valence electrons. The van der Waals surface area contributed by atoms with Crippen LogP contribution in [0.2, 0.25) is 0 Å². The SMILES string of the molecule is COc1cc(C=C(C#N)C(=O)Nc2cccc(C)c2C)cc([N+](=O)[O-])c1O. The molecule has 2 aromatic carbocycles. The lowest BCUT2D eigenvalue weighted by Crippen LogP contribution is -2.14. The highest BCUT2D eigenvalue weighted by Crippen LogP contribution is 2.37. The lowest BCUT2D eigenvalue weighted by atomic mass is 10.1. The maximum Gasteiger partial charge on any atom is 0.315 e. The maximum atomic E-state index is 12.4.